The van der Waals surface area contributed by atoms with Crippen molar-refractivity contribution in [2.75, 3.05) is 22.7 Å². The highest BCUT2D eigenvalue weighted by Crippen LogP contribution is 2.35. The topological polar surface area (TPSA) is 88.1 Å². The normalized spacial score (nSPS) is 12.2. The van der Waals surface area contributed by atoms with E-state index in [9.17, 15) is 21.6 Å². The Morgan fingerprint density at radius 3 is 2.26 bits per heavy atom. The SMILES string of the molecule is CCCCN(CCCC)c1cc(-c2nc(-c3ccc(NS(=O)(=O)C(F)(F)F)cc3Cl)cs2)nc(CC(C)C)n1. The van der Waals surface area contributed by atoms with Gasteiger partial charge in [-0.25, -0.2) is 15.0 Å². The molecule has 0 bridgehead atoms. The third-order valence-corrected chi connectivity index (χ3v) is 8.05. The number of hydrogen-bond acceptors (Lipinski definition) is 7. The molecule has 0 aliphatic heterocycles. The molecule has 0 aliphatic carbocycles. The maximum Gasteiger partial charge on any atom is 0.516 e. The maximum absolute atomic E-state index is 12.7. The number of nitrogens with one attached hydrogen (secondary N) is 1. The highest BCUT2D eigenvalue weighted by molar-refractivity contribution is 7.93. The van der Waals surface area contributed by atoms with Gasteiger partial charge < -0.3 is 4.90 Å². The fraction of sp³-hybridized carbons (Fsp3) is 0.500. The summed E-state index contributed by atoms with van der Waals surface area (Å²) in [5.41, 5.74) is -4.08. The molecule has 214 valence electrons. The van der Waals surface area contributed by atoms with Gasteiger partial charge >= 0.3 is 15.5 Å². The van der Waals surface area contributed by atoms with E-state index in [1.165, 1.54) is 28.2 Å². The van der Waals surface area contributed by atoms with Crippen molar-refractivity contribution >= 4 is 44.5 Å². The van der Waals surface area contributed by atoms with Gasteiger partial charge in [-0.1, -0.05) is 52.1 Å². The first-order valence-corrected chi connectivity index (χ1v) is 15.6. The number of hydrogen-bond donors (Lipinski definition) is 1. The van der Waals surface area contributed by atoms with Crippen LogP contribution in [0.25, 0.3) is 22.0 Å². The number of benzene rings is 1. The molecule has 0 aliphatic rings. The third kappa shape index (κ3) is 8.28. The number of alkyl halides is 3. The van der Waals surface area contributed by atoms with Gasteiger partial charge in [0, 0.05) is 36.5 Å². The molecule has 39 heavy (non-hydrogen) atoms. The van der Waals surface area contributed by atoms with E-state index in [0.29, 0.717) is 27.9 Å². The first kappa shape index (κ1) is 31.1. The molecule has 7 nitrogen and oxygen atoms in total. The van der Waals surface area contributed by atoms with Crippen LogP contribution in [0.4, 0.5) is 24.7 Å². The Hall–Kier alpha value is -2.44. The second-order valence-corrected chi connectivity index (χ2v) is 12.5. The molecule has 2 aromatic heterocycles. The van der Waals surface area contributed by atoms with E-state index in [-0.39, 0.29) is 10.7 Å². The Kier molecular flexibility index (Phi) is 10.6. The average molecular weight is 604 g/mol. The minimum absolute atomic E-state index is 0.0587. The monoisotopic (exact) mass is 603 g/mol. The summed E-state index contributed by atoms with van der Waals surface area (Å²) in [6, 6.07) is 5.73. The van der Waals surface area contributed by atoms with Crippen LogP contribution in [-0.2, 0) is 16.4 Å². The molecule has 0 saturated carbocycles. The van der Waals surface area contributed by atoms with Crippen molar-refractivity contribution in [3.05, 3.63) is 40.5 Å². The lowest BCUT2D eigenvalue weighted by Gasteiger charge is -2.24. The maximum atomic E-state index is 12.7. The van der Waals surface area contributed by atoms with E-state index in [1.807, 2.05) is 6.07 Å². The van der Waals surface area contributed by atoms with E-state index in [4.69, 9.17) is 26.6 Å². The largest absolute Gasteiger partial charge is 0.516 e. The Morgan fingerprint density at radius 2 is 1.69 bits per heavy atom. The van der Waals surface area contributed by atoms with E-state index < -0.39 is 15.5 Å². The van der Waals surface area contributed by atoms with Gasteiger partial charge in [0.2, 0.25) is 0 Å². The third-order valence-electron chi connectivity index (χ3n) is 5.76. The number of anilines is 2. The van der Waals surface area contributed by atoms with Gasteiger partial charge in [0.25, 0.3) is 0 Å². The molecular formula is C26H33ClF3N5O2S2. The van der Waals surface area contributed by atoms with E-state index in [2.05, 4.69) is 32.6 Å². The van der Waals surface area contributed by atoms with Gasteiger partial charge in [-0.3, -0.25) is 4.72 Å². The van der Waals surface area contributed by atoms with Crippen molar-refractivity contribution < 1.29 is 21.6 Å². The van der Waals surface area contributed by atoms with Gasteiger partial charge in [-0.2, -0.15) is 21.6 Å². The standard InChI is InChI=1S/C26H33ClF3N5O2S2/c1-5-7-11-35(12-8-6-2)24-15-21(31-23(33-24)13-17(3)4)25-32-22(16-38-25)19-10-9-18(14-20(19)27)34-39(36,37)26(28,29)30/h9-10,14-17,34H,5-8,11-13H2,1-4H3. The summed E-state index contributed by atoms with van der Waals surface area (Å²) < 4.78 is 62.5. The second kappa shape index (κ2) is 13.3. The fourth-order valence-corrected chi connectivity index (χ4v) is 5.37. The van der Waals surface area contributed by atoms with Gasteiger partial charge in [-0.15, -0.1) is 11.3 Å². The Morgan fingerprint density at radius 1 is 1.03 bits per heavy atom. The zero-order chi connectivity index (χ0) is 28.8. The molecule has 3 aromatic rings. The fourth-order valence-electron chi connectivity index (χ4n) is 3.76. The van der Waals surface area contributed by atoms with Crippen LogP contribution < -0.4 is 9.62 Å². The number of sulfonamides is 1. The Balaban J connectivity index is 1.95. The number of rotatable bonds is 13. The van der Waals surface area contributed by atoms with Crippen LogP contribution in [0.1, 0.15) is 59.2 Å². The second-order valence-electron chi connectivity index (χ2n) is 9.60. The Labute approximate surface area is 236 Å². The summed E-state index contributed by atoms with van der Waals surface area (Å²) in [6.07, 6.45) is 4.98. The number of unbranched alkanes of at least 4 members (excludes halogenated alkanes) is 2. The van der Waals surface area contributed by atoms with E-state index >= 15 is 0 Å². The van der Waals surface area contributed by atoms with Crippen molar-refractivity contribution in [1.29, 1.82) is 0 Å². The van der Waals surface area contributed by atoms with Crippen LogP contribution in [0.15, 0.2) is 29.6 Å². The lowest BCUT2D eigenvalue weighted by Crippen LogP contribution is -2.29. The summed E-state index contributed by atoms with van der Waals surface area (Å²) in [5.74, 6) is 1.98. The molecule has 0 spiro atoms. The van der Waals surface area contributed by atoms with Crippen molar-refractivity contribution in [1.82, 2.24) is 15.0 Å². The van der Waals surface area contributed by atoms with Crippen LogP contribution >= 0.6 is 22.9 Å². The highest BCUT2D eigenvalue weighted by Gasteiger charge is 2.46. The predicted octanol–water partition coefficient (Wildman–Crippen LogP) is 7.79. The minimum atomic E-state index is -5.55. The van der Waals surface area contributed by atoms with Gasteiger partial charge in [-0.05, 0) is 37.0 Å². The van der Waals surface area contributed by atoms with Crippen LogP contribution in [0.2, 0.25) is 5.02 Å². The molecule has 0 fully saturated rings. The summed E-state index contributed by atoms with van der Waals surface area (Å²) in [4.78, 5) is 16.7. The van der Waals surface area contributed by atoms with Crippen molar-refractivity contribution in [3.63, 3.8) is 0 Å². The molecule has 2 heterocycles. The number of nitrogens with zero attached hydrogens (tertiary/aromatic N) is 4. The molecule has 0 unspecified atom stereocenters. The average Bonchev–Trinajstić information content (AvgIpc) is 3.33. The minimum Gasteiger partial charge on any atom is -0.356 e. The lowest BCUT2D eigenvalue weighted by molar-refractivity contribution is -0.0429. The first-order valence-electron chi connectivity index (χ1n) is 12.8. The summed E-state index contributed by atoms with van der Waals surface area (Å²) >= 11 is 7.69. The molecule has 0 amide bonds. The number of halogens is 4. The predicted molar refractivity (Wildman–Crippen MR) is 153 cm³/mol. The first-order chi connectivity index (χ1) is 18.3. The molecule has 0 atom stereocenters. The molecule has 13 heteroatoms. The quantitative estimate of drug-likeness (QED) is 0.215. The van der Waals surface area contributed by atoms with Gasteiger partial charge in [0.05, 0.1) is 16.4 Å². The number of thiazole rings is 1. The molecule has 0 saturated heterocycles. The van der Waals surface area contributed by atoms with E-state index in [1.54, 1.807) is 5.38 Å². The molecule has 1 N–H and O–H groups in total. The van der Waals surface area contributed by atoms with Crippen molar-refractivity contribution in [2.45, 2.75) is 65.3 Å². The zero-order valence-electron chi connectivity index (χ0n) is 22.3. The van der Waals surface area contributed by atoms with Gasteiger partial charge in [0.15, 0.2) is 0 Å². The molecule has 0 radical (unpaired) electrons. The van der Waals surface area contributed by atoms with Crippen molar-refractivity contribution in [2.24, 2.45) is 5.92 Å². The highest BCUT2D eigenvalue weighted by atomic mass is 35.5. The smallest absolute Gasteiger partial charge is 0.356 e. The van der Waals surface area contributed by atoms with Gasteiger partial charge in [0.1, 0.15) is 22.3 Å². The van der Waals surface area contributed by atoms with Crippen molar-refractivity contribution in [3.8, 4) is 22.0 Å². The van der Waals surface area contributed by atoms with E-state index in [0.717, 1.165) is 62.9 Å². The molecule has 3 rings (SSSR count). The summed E-state index contributed by atoms with van der Waals surface area (Å²) in [7, 11) is -5.55. The molecular weight excluding hydrogens is 571 g/mol. The lowest BCUT2D eigenvalue weighted by atomic mass is 10.1. The summed E-state index contributed by atoms with van der Waals surface area (Å²) in [5, 5.41) is 2.50. The molecule has 1 aromatic carbocycles. The van der Waals surface area contributed by atoms with Crippen LogP contribution in [0.5, 0.6) is 0 Å². The summed E-state index contributed by atoms with van der Waals surface area (Å²) in [6.45, 7) is 10.4. The number of aromatic nitrogens is 3. The Bertz CT molecular complexity index is 1360. The van der Waals surface area contributed by atoms with Crippen LogP contribution in [-0.4, -0.2) is 42.0 Å². The zero-order valence-corrected chi connectivity index (χ0v) is 24.7. The van der Waals surface area contributed by atoms with Crippen LogP contribution in [0, 0.1) is 5.92 Å². The van der Waals surface area contributed by atoms with Crippen LogP contribution in [0.3, 0.4) is 0 Å².